The lowest BCUT2D eigenvalue weighted by atomic mass is 10.1. The van der Waals surface area contributed by atoms with Crippen molar-refractivity contribution in [3.8, 4) is 0 Å². The topological polar surface area (TPSA) is 92.6 Å². The van der Waals surface area contributed by atoms with Crippen LogP contribution in [0.2, 0.25) is 0 Å². The highest BCUT2D eigenvalue weighted by atomic mass is 16.6. The summed E-state index contributed by atoms with van der Waals surface area (Å²) in [5, 5.41) is 14.3. The second-order valence-electron chi connectivity index (χ2n) is 7.45. The molecule has 0 aromatic heterocycles. The fourth-order valence-corrected chi connectivity index (χ4v) is 3.50. The van der Waals surface area contributed by atoms with Gasteiger partial charge in [0.2, 0.25) is 11.8 Å². The average Bonchev–Trinajstić information content (AvgIpc) is 2.77. The number of nitrogens with zero attached hydrogens (tertiary/aromatic N) is 2. The Morgan fingerprint density at radius 3 is 2.39 bits per heavy atom. The van der Waals surface area contributed by atoms with Crippen LogP contribution in [0.5, 0.6) is 0 Å². The first kappa shape index (κ1) is 24.1. The molecule has 2 aromatic rings. The molecule has 0 fully saturated rings. The molecule has 1 N–H and O–H groups in total. The third-order valence-electron chi connectivity index (χ3n) is 5.23. The van der Waals surface area contributed by atoms with E-state index in [4.69, 9.17) is 0 Å². The van der Waals surface area contributed by atoms with Crippen molar-refractivity contribution >= 4 is 17.5 Å². The van der Waals surface area contributed by atoms with E-state index in [2.05, 4.69) is 5.32 Å². The van der Waals surface area contributed by atoms with E-state index in [-0.39, 0.29) is 23.9 Å². The van der Waals surface area contributed by atoms with E-state index in [0.29, 0.717) is 31.5 Å². The van der Waals surface area contributed by atoms with Gasteiger partial charge < -0.3 is 10.2 Å². The van der Waals surface area contributed by atoms with Crippen molar-refractivity contribution < 1.29 is 14.5 Å². The summed E-state index contributed by atoms with van der Waals surface area (Å²) in [4.78, 5) is 38.5. The number of para-hydroxylation sites is 1. The molecule has 0 aliphatic heterocycles. The van der Waals surface area contributed by atoms with Gasteiger partial charge in [0, 0.05) is 24.7 Å². The highest BCUT2D eigenvalue weighted by molar-refractivity contribution is 5.88. The maximum Gasteiger partial charge on any atom is 0.273 e. The van der Waals surface area contributed by atoms with Crippen LogP contribution < -0.4 is 5.32 Å². The monoisotopic (exact) mass is 425 g/mol. The highest BCUT2D eigenvalue weighted by Crippen LogP contribution is 2.20. The second kappa shape index (κ2) is 12.5. The van der Waals surface area contributed by atoms with Gasteiger partial charge >= 0.3 is 0 Å². The molecule has 0 aliphatic rings. The van der Waals surface area contributed by atoms with Gasteiger partial charge in [0.25, 0.3) is 5.69 Å². The van der Waals surface area contributed by atoms with Crippen LogP contribution in [0.3, 0.4) is 0 Å². The Balaban J connectivity index is 2.23. The summed E-state index contributed by atoms with van der Waals surface area (Å²) >= 11 is 0. The Kier molecular flexibility index (Phi) is 9.68. The lowest BCUT2D eigenvalue weighted by Crippen LogP contribution is -2.50. The number of benzene rings is 2. The zero-order chi connectivity index (χ0) is 22.6. The Hall–Kier alpha value is -3.22. The largest absolute Gasteiger partial charge is 0.354 e. The number of rotatable bonds is 12. The molecule has 31 heavy (non-hydrogen) atoms. The van der Waals surface area contributed by atoms with Crippen LogP contribution in [0.1, 0.15) is 44.2 Å². The molecular formula is C24H31N3O4. The van der Waals surface area contributed by atoms with E-state index in [0.717, 1.165) is 18.4 Å². The van der Waals surface area contributed by atoms with Crippen molar-refractivity contribution in [2.75, 3.05) is 13.1 Å². The van der Waals surface area contributed by atoms with Crippen LogP contribution in [0, 0.1) is 10.1 Å². The average molecular weight is 426 g/mol. The van der Waals surface area contributed by atoms with Crippen LogP contribution in [0.25, 0.3) is 0 Å². The summed E-state index contributed by atoms with van der Waals surface area (Å²) in [5.74, 6) is -0.470. The van der Waals surface area contributed by atoms with Crippen molar-refractivity contribution in [1.82, 2.24) is 10.2 Å². The van der Waals surface area contributed by atoms with E-state index in [1.54, 1.807) is 23.1 Å². The maximum atomic E-state index is 13.3. The third-order valence-corrected chi connectivity index (χ3v) is 5.23. The number of unbranched alkanes of at least 4 members (excludes halogenated alkanes) is 1. The van der Waals surface area contributed by atoms with Crippen molar-refractivity contribution in [3.05, 3.63) is 75.8 Å². The predicted molar refractivity (Wildman–Crippen MR) is 121 cm³/mol. The van der Waals surface area contributed by atoms with Gasteiger partial charge in [0.15, 0.2) is 0 Å². The number of nitro groups is 1. The van der Waals surface area contributed by atoms with E-state index in [1.807, 2.05) is 44.2 Å². The van der Waals surface area contributed by atoms with Crippen LogP contribution in [-0.4, -0.2) is 40.8 Å². The quantitative estimate of drug-likeness (QED) is 0.317. The maximum absolute atomic E-state index is 13.3. The minimum absolute atomic E-state index is 0.0840. The number of carbonyl (C=O) groups excluding carboxylic acids is 2. The molecular weight excluding hydrogens is 394 g/mol. The number of carbonyl (C=O) groups is 2. The van der Waals surface area contributed by atoms with Gasteiger partial charge in [-0.3, -0.25) is 19.7 Å². The Bertz CT molecular complexity index is 870. The first-order valence-electron chi connectivity index (χ1n) is 10.8. The third kappa shape index (κ3) is 7.20. The van der Waals surface area contributed by atoms with E-state index < -0.39 is 11.0 Å². The number of hydrogen-bond donors (Lipinski definition) is 1. The lowest BCUT2D eigenvalue weighted by molar-refractivity contribution is -0.385. The van der Waals surface area contributed by atoms with E-state index in [1.165, 1.54) is 6.07 Å². The molecule has 0 heterocycles. The first-order valence-corrected chi connectivity index (χ1v) is 10.8. The number of hydrogen-bond acceptors (Lipinski definition) is 4. The van der Waals surface area contributed by atoms with Crippen LogP contribution in [0.15, 0.2) is 54.6 Å². The van der Waals surface area contributed by atoms with E-state index >= 15 is 0 Å². The molecule has 7 nitrogen and oxygen atoms in total. The zero-order valence-electron chi connectivity index (χ0n) is 18.3. The molecule has 7 heteroatoms. The molecule has 0 unspecified atom stereocenters. The smallest absolute Gasteiger partial charge is 0.273 e. The molecule has 1 atom stereocenters. The molecule has 0 spiro atoms. The van der Waals surface area contributed by atoms with E-state index in [9.17, 15) is 19.7 Å². The van der Waals surface area contributed by atoms with Gasteiger partial charge in [-0.25, -0.2) is 0 Å². The molecule has 2 rings (SSSR count). The van der Waals surface area contributed by atoms with Crippen LogP contribution >= 0.6 is 0 Å². The molecule has 2 aromatic carbocycles. The highest BCUT2D eigenvalue weighted by Gasteiger charge is 2.29. The Morgan fingerprint density at radius 1 is 1.06 bits per heavy atom. The van der Waals surface area contributed by atoms with Crippen molar-refractivity contribution in [2.45, 2.75) is 52.0 Å². The molecule has 2 amide bonds. The summed E-state index contributed by atoms with van der Waals surface area (Å²) in [7, 11) is 0. The molecule has 0 aliphatic carbocycles. The fourth-order valence-electron chi connectivity index (χ4n) is 3.50. The second-order valence-corrected chi connectivity index (χ2v) is 7.45. The Labute approximate surface area is 183 Å². The van der Waals surface area contributed by atoms with Crippen molar-refractivity contribution in [3.63, 3.8) is 0 Å². The minimum Gasteiger partial charge on any atom is -0.354 e. The summed E-state index contributed by atoms with van der Waals surface area (Å²) in [6, 6.07) is 15.4. The number of amides is 2. The summed E-state index contributed by atoms with van der Waals surface area (Å²) < 4.78 is 0. The predicted octanol–water partition coefficient (Wildman–Crippen LogP) is 3.90. The van der Waals surface area contributed by atoms with Crippen LogP contribution in [0.4, 0.5) is 5.69 Å². The standard InChI is InChI=1S/C24H31N3O4/c1-3-5-16-25-24(29)21(4-2)26(17-15-19-11-7-6-8-12-19)23(28)18-20-13-9-10-14-22(20)27(30)31/h6-14,21H,3-5,15-18H2,1-2H3,(H,25,29)/t21-/m0/s1. The van der Waals surface area contributed by atoms with Gasteiger partial charge in [-0.05, 0) is 24.8 Å². The van der Waals surface area contributed by atoms with Crippen LogP contribution in [-0.2, 0) is 22.4 Å². The van der Waals surface area contributed by atoms with Crippen molar-refractivity contribution in [1.29, 1.82) is 0 Å². The summed E-state index contributed by atoms with van der Waals surface area (Å²) in [5.41, 5.74) is 1.33. The Morgan fingerprint density at radius 2 is 1.74 bits per heavy atom. The number of nitro benzene ring substituents is 1. The van der Waals surface area contributed by atoms with Gasteiger partial charge in [0.1, 0.15) is 6.04 Å². The summed E-state index contributed by atoms with van der Waals surface area (Å²) in [6.07, 6.45) is 2.78. The molecule has 0 saturated carbocycles. The van der Waals surface area contributed by atoms with Crippen molar-refractivity contribution in [2.24, 2.45) is 0 Å². The SMILES string of the molecule is CCCCNC(=O)[C@H](CC)N(CCc1ccccc1)C(=O)Cc1ccccc1[N+](=O)[O-]. The number of nitrogens with one attached hydrogen (secondary N) is 1. The first-order chi connectivity index (χ1) is 15.0. The minimum atomic E-state index is -0.615. The zero-order valence-corrected chi connectivity index (χ0v) is 18.3. The normalized spacial score (nSPS) is 11.5. The lowest BCUT2D eigenvalue weighted by Gasteiger charge is -2.30. The van der Waals surface area contributed by atoms with Gasteiger partial charge in [-0.1, -0.05) is 68.8 Å². The van der Waals surface area contributed by atoms with Gasteiger partial charge in [0.05, 0.1) is 11.3 Å². The molecule has 166 valence electrons. The molecule has 0 radical (unpaired) electrons. The summed E-state index contributed by atoms with van der Waals surface area (Å²) in [6.45, 7) is 4.85. The fraction of sp³-hybridized carbons (Fsp3) is 0.417. The van der Waals surface area contributed by atoms with Gasteiger partial charge in [-0.2, -0.15) is 0 Å². The van der Waals surface area contributed by atoms with Gasteiger partial charge in [-0.15, -0.1) is 0 Å². The molecule has 0 saturated heterocycles. The molecule has 0 bridgehead atoms.